The first-order valence-electron chi connectivity index (χ1n) is 16.3. The molecule has 3 unspecified atom stereocenters. The number of aliphatic hydroxyl groups excluding tert-OH is 1. The van der Waals surface area contributed by atoms with Crippen molar-refractivity contribution in [2.45, 2.75) is 98.9 Å². The van der Waals surface area contributed by atoms with Crippen molar-refractivity contribution in [1.82, 2.24) is 9.80 Å². The van der Waals surface area contributed by atoms with E-state index >= 15 is 0 Å². The second-order valence-electron chi connectivity index (χ2n) is 11.7. The maximum atomic E-state index is 10.2. The molecule has 0 spiro atoms. The molecule has 3 nitrogen and oxygen atoms in total. The summed E-state index contributed by atoms with van der Waals surface area (Å²) in [5, 5.41) is 15.3. The highest BCUT2D eigenvalue weighted by Crippen LogP contribution is 2.35. The number of nitrogens with zero attached hydrogens (tertiary/aromatic N) is 2. The molecule has 4 heterocycles. The van der Waals surface area contributed by atoms with Crippen LogP contribution in [0.25, 0.3) is 0 Å². The van der Waals surface area contributed by atoms with E-state index in [2.05, 4.69) is 124 Å². The Labute approximate surface area is 300 Å². The highest BCUT2D eigenvalue weighted by atomic mass is 127. The van der Waals surface area contributed by atoms with Crippen LogP contribution in [0, 0.1) is 0 Å². The largest absolute Gasteiger partial charge is 0.386 e. The van der Waals surface area contributed by atoms with Gasteiger partial charge in [-0.25, -0.2) is 0 Å². The van der Waals surface area contributed by atoms with E-state index in [0.717, 1.165) is 36.1 Å². The third-order valence-electron chi connectivity index (χ3n) is 7.43. The van der Waals surface area contributed by atoms with E-state index in [4.69, 9.17) is 11.6 Å². The van der Waals surface area contributed by atoms with Gasteiger partial charge in [-0.2, -0.15) is 0 Å². The normalized spacial score (nSPS) is 17.2. The van der Waals surface area contributed by atoms with E-state index in [-0.39, 0.29) is 6.10 Å². The molecule has 4 aromatic rings. The standard InChI is InChI=1S/C15H16ClNS.C15H17NOS.C3H9ISi.2C2H6/c1-11(13-4-2-3-5-14(13)16)17-8-6-15-12(10-17)7-9-18-15;1-11(12-5-3-2-4-6-12)16-9-13-7-8-18-15(13)14(17)10-16;1-5(2,3)4;2*1-2/h2-5,7,9,11H,6,8,10H2,1H3;2-8,11,14,17H,9-10H2,1H3;1-3H3;2*1-2H3. The molecule has 2 aromatic carbocycles. The zero-order chi connectivity index (χ0) is 33.6. The molecule has 0 saturated heterocycles. The van der Waals surface area contributed by atoms with Crippen LogP contribution in [-0.2, 0) is 19.5 Å². The molecular formula is C37H54ClIN2OS2Si. The van der Waals surface area contributed by atoms with Crippen LogP contribution < -0.4 is 0 Å². The zero-order valence-corrected chi connectivity index (χ0v) is 34.2. The fourth-order valence-electron chi connectivity index (χ4n) is 5.21. The number of fused-ring (bicyclic) bond motifs is 2. The predicted molar refractivity (Wildman–Crippen MR) is 213 cm³/mol. The lowest BCUT2D eigenvalue weighted by Crippen LogP contribution is -2.34. The van der Waals surface area contributed by atoms with Crippen molar-refractivity contribution < 1.29 is 5.11 Å². The summed E-state index contributed by atoms with van der Waals surface area (Å²) < 4.78 is 0. The molecule has 8 heteroatoms. The van der Waals surface area contributed by atoms with Crippen LogP contribution in [0.2, 0.25) is 24.7 Å². The zero-order valence-electron chi connectivity index (χ0n) is 28.7. The minimum atomic E-state index is -0.641. The first kappa shape index (κ1) is 40.1. The number of β-amino-alcohol motifs (C(OH)–C–C–N with tert-alkyl or cyclic N) is 1. The fraction of sp³-hybridized carbons (Fsp3) is 0.459. The van der Waals surface area contributed by atoms with Gasteiger partial charge in [0.05, 0.1) is 0 Å². The average molecular weight is 797 g/mol. The average Bonchev–Trinajstić information content (AvgIpc) is 3.72. The molecule has 45 heavy (non-hydrogen) atoms. The summed E-state index contributed by atoms with van der Waals surface area (Å²) >= 11 is 12.4. The quantitative estimate of drug-likeness (QED) is 0.127. The van der Waals surface area contributed by atoms with Crippen LogP contribution in [0.3, 0.4) is 0 Å². The molecule has 6 rings (SSSR count). The minimum Gasteiger partial charge on any atom is -0.386 e. The van der Waals surface area contributed by atoms with Crippen molar-refractivity contribution in [3.8, 4) is 0 Å². The Morgan fingerprint density at radius 3 is 2.00 bits per heavy atom. The van der Waals surface area contributed by atoms with Gasteiger partial charge in [-0.15, -0.1) is 44.5 Å². The number of benzene rings is 2. The predicted octanol–water partition coefficient (Wildman–Crippen LogP) is 12.2. The Balaban J connectivity index is 0.000000250. The van der Waals surface area contributed by atoms with Crippen LogP contribution in [-0.4, -0.2) is 33.6 Å². The third-order valence-corrected chi connectivity index (χ3v) is 9.86. The second kappa shape index (κ2) is 20.4. The van der Waals surface area contributed by atoms with Crippen LogP contribution >= 0.6 is 56.1 Å². The summed E-state index contributed by atoms with van der Waals surface area (Å²) in [6.07, 6.45) is 0.835. The first-order valence-corrected chi connectivity index (χ1v) is 25.0. The van der Waals surface area contributed by atoms with E-state index in [1.165, 1.54) is 28.7 Å². The molecule has 2 aromatic heterocycles. The molecule has 2 aliphatic heterocycles. The van der Waals surface area contributed by atoms with Gasteiger partial charge in [0.15, 0.2) is 0 Å². The summed E-state index contributed by atoms with van der Waals surface area (Å²) in [5.74, 6) is 0. The Morgan fingerprint density at radius 1 is 0.800 bits per heavy atom. The lowest BCUT2D eigenvalue weighted by Gasteiger charge is -2.35. The van der Waals surface area contributed by atoms with Gasteiger partial charge in [0.25, 0.3) is 0 Å². The Hall–Kier alpha value is -1.04. The van der Waals surface area contributed by atoms with Crippen LogP contribution in [0.4, 0.5) is 0 Å². The van der Waals surface area contributed by atoms with E-state index < -0.39 is 5.57 Å². The van der Waals surface area contributed by atoms with Crippen LogP contribution in [0.5, 0.6) is 0 Å². The summed E-state index contributed by atoms with van der Waals surface area (Å²) in [6, 6.07) is 23.8. The molecule has 0 radical (unpaired) electrons. The lowest BCUT2D eigenvalue weighted by molar-refractivity contribution is 0.0726. The number of hydrogen-bond donors (Lipinski definition) is 1. The maximum Gasteiger partial charge on any atom is 0.116 e. The number of aliphatic hydroxyl groups is 1. The number of halogens is 2. The van der Waals surface area contributed by atoms with E-state index in [1.54, 1.807) is 16.2 Å². The van der Waals surface area contributed by atoms with Gasteiger partial charge in [-0.05, 0) is 71.5 Å². The third kappa shape index (κ3) is 12.8. The maximum absolute atomic E-state index is 10.2. The van der Waals surface area contributed by atoms with Crippen molar-refractivity contribution in [3.05, 3.63) is 115 Å². The van der Waals surface area contributed by atoms with Crippen LogP contribution in [0.1, 0.15) is 91.7 Å². The molecule has 0 aliphatic carbocycles. The van der Waals surface area contributed by atoms with Gasteiger partial charge in [0.2, 0.25) is 0 Å². The van der Waals surface area contributed by atoms with Crippen LogP contribution in [0.15, 0.2) is 77.5 Å². The van der Waals surface area contributed by atoms with Crippen molar-refractivity contribution in [3.63, 3.8) is 0 Å². The number of hydrogen-bond acceptors (Lipinski definition) is 5. The monoisotopic (exact) mass is 796 g/mol. The van der Waals surface area contributed by atoms with Gasteiger partial charge in [0, 0.05) is 53.0 Å². The van der Waals surface area contributed by atoms with Gasteiger partial charge in [-0.3, -0.25) is 9.80 Å². The summed E-state index contributed by atoms with van der Waals surface area (Å²) in [5.41, 5.74) is 4.67. The number of rotatable bonds is 4. The van der Waals surface area contributed by atoms with Crippen molar-refractivity contribution >= 4 is 61.6 Å². The van der Waals surface area contributed by atoms with Crippen molar-refractivity contribution in [2.75, 3.05) is 13.1 Å². The van der Waals surface area contributed by atoms with Gasteiger partial charge < -0.3 is 5.11 Å². The highest BCUT2D eigenvalue weighted by Gasteiger charge is 2.28. The van der Waals surface area contributed by atoms with Crippen molar-refractivity contribution in [2.24, 2.45) is 0 Å². The fourth-order valence-corrected chi connectivity index (χ4v) is 7.29. The molecular weight excluding hydrogens is 743 g/mol. The van der Waals surface area contributed by atoms with Gasteiger partial charge in [-0.1, -0.05) is 107 Å². The van der Waals surface area contributed by atoms with E-state index in [9.17, 15) is 5.11 Å². The molecule has 3 atom stereocenters. The molecule has 0 fully saturated rings. The molecule has 0 amide bonds. The summed E-state index contributed by atoms with van der Waals surface area (Å²) in [7, 11) is 0. The summed E-state index contributed by atoms with van der Waals surface area (Å²) in [4.78, 5) is 7.55. The van der Waals surface area contributed by atoms with Crippen molar-refractivity contribution in [1.29, 1.82) is 0 Å². The van der Waals surface area contributed by atoms with Gasteiger partial charge >= 0.3 is 0 Å². The Morgan fingerprint density at radius 2 is 1.36 bits per heavy atom. The summed E-state index contributed by atoms with van der Waals surface area (Å²) in [6.45, 7) is 23.2. The number of thiophene rings is 2. The second-order valence-corrected chi connectivity index (χ2v) is 27.9. The smallest absolute Gasteiger partial charge is 0.116 e. The van der Waals surface area contributed by atoms with Gasteiger partial charge in [0.1, 0.15) is 11.7 Å². The first-order chi connectivity index (χ1) is 21.5. The minimum absolute atomic E-state index is 0.333. The lowest BCUT2D eigenvalue weighted by atomic mass is 10.0. The Kier molecular flexibility index (Phi) is 18.2. The van der Waals surface area contributed by atoms with E-state index in [1.807, 2.05) is 57.2 Å². The molecule has 0 bridgehead atoms. The highest BCUT2D eigenvalue weighted by molar-refractivity contribution is 14.1. The Bertz CT molecular complexity index is 1370. The molecule has 1 N–H and O–H groups in total. The topological polar surface area (TPSA) is 26.7 Å². The molecule has 248 valence electrons. The van der Waals surface area contributed by atoms with E-state index in [0.29, 0.717) is 12.1 Å². The molecule has 0 saturated carbocycles. The molecule has 2 aliphatic rings. The SMILES string of the molecule is CC.CC.CC(c1ccccc1)N1Cc2ccsc2C(O)C1.CC(c1ccccc1Cl)N1CCc2sccc2C1.C[Si](C)(C)I.